The van der Waals surface area contributed by atoms with Crippen LogP contribution in [-0.2, 0) is 9.47 Å². The van der Waals surface area contributed by atoms with Crippen LogP contribution >= 0.6 is 23.2 Å². The first-order valence-electron chi connectivity index (χ1n) is 12.7. The molecule has 3 aromatic heterocycles. The van der Waals surface area contributed by atoms with Crippen LogP contribution in [0, 0.1) is 11.8 Å². The van der Waals surface area contributed by atoms with Crippen molar-refractivity contribution in [3.05, 3.63) is 59.6 Å². The van der Waals surface area contributed by atoms with Gasteiger partial charge in [-0.15, -0.1) is 11.6 Å². The fourth-order valence-corrected chi connectivity index (χ4v) is 5.08. The summed E-state index contributed by atoms with van der Waals surface area (Å²) in [6.45, 7) is 3.16. The highest BCUT2D eigenvalue weighted by molar-refractivity contribution is 6.34. The van der Waals surface area contributed by atoms with Crippen LogP contribution in [0.4, 0.5) is 17.5 Å². The van der Waals surface area contributed by atoms with Crippen molar-refractivity contribution in [3.8, 4) is 23.2 Å². The standard InChI is InChI=1S/C27H29Cl2N9O2/c1-16-11-18(8-10-30-16)38-14-17(13-34-38)35-27-33-15-32-26(37-27)20-5-4-9-31-25(20)36-24-21(28)7-6-19(39-2)12-22(40-3)23(24)29/h4-5,9,12-16,18-19,21,30H,8,10-11H2,1-3H3,(H,31,36)(H,32,33,35,37)/b22-12+,24-23-. The summed E-state index contributed by atoms with van der Waals surface area (Å²) >= 11 is 13.3. The molecule has 2 aliphatic rings. The van der Waals surface area contributed by atoms with E-state index >= 15 is 0 Å². The van der Waals surface area contributed by atoms with Gasteiger partial charge in [0.2, 0.25) is 5.95 Å². The maximum absolute atomic E-state index is 6.70. The molecule has 4 heterocycles. The molecule has 0 aromatic carbocycles. The van der Waals surface area contributed by atoms with Gasteiger partial charge < -0.3 is 25.4 Å². The van der Waals surface area contributed by atoms with Gasteiger partial charge in [0.25, 0.3) is 0 Å². The summed E-state index contributed by atoms with van der Waals surface area (Å²) in [6, 6.07) is 4.44. The van der Waals surface area contributed by atoms with Crippen molar-refractivity contribution in [1.29, 1.82) is 0 Å². The van der Waals surface area contributed by atoms with Crippen molar-refractivity contribution in [2.75, 3.05) is 31.4 Å². The monoisotopic (exact) mass is 581 g/mol. The zero-order chi connectivity index (χ0) is 28.1. The minimum absolute atomic E-state index is 0.258. The van der Waals surface area contributed by atoms with Crippen molar-refractivity contribution in [2.45, 2.75) is 43.3 Å². The highest BCUT2D eigenvalue weighted by Crippen LogP contribution is 2.31. The van der Waals surface area contributed by atoms with Crippen LogP contribution in [-0.4, -0.2) is 68.0 Å². The number of nitrogens with one attached hydrogen (secondary N) is 3. The van der Waals surface area contributed by atoms with Crippen LogP contribution in [0.3, 0.4) is 0 Å². The quantitative estimate of drug-likeness (QED) is 0.263. The molecule has 13 heteroatoms. The van der Waals surface area contributed by atoms with Crippen molar-refractivity contribution >= 4 is 40.7 Å². The number of anilines is 3. The zero-order valence-corrected chi connectivity index (χ0v) is 23.7. The van der Waals surface area contributed by atoms with Crippen LogP contribution in [0.5, 0.6) is 0 Å². The first-order chi connectivity index (χ1) is 19.4. The number of hydrogen-bond acceptors (Lipinski definition) is 10. The average Bonchev–Trinajstić information content (AvgIpc) is 3.44. The molecule has 1 aliphatic heterocycles. The lowest BCUT2D eigenvalue weighted by Gasteiger charge is -2.28. The summed E-state index contributed by atoms with van der Waals surface area (Å²) in [7, 11) is 3.06. The first kappa shape index (κ1) is 27.9. The van der Waals surface area contributed by atoms with E-state index in [0.29, 0.717) is 46.7 Å². The second kappa shape index (κ2) is 12.7. The predicted octanol–water partition coefficient (Wildman–Crippen LogP) is 4.22. The van der Waals surface area contributed by atoms with Gasteiger partial charge in [0, 0.05) is 31.6 Å². The van der Waals surface area contributed by atoms with E-state index in [1.54, 1.807) is 31.6 Å². The Hall–Kier alpha value is -3.69. The van der Waals surface area contributed by atoms with Crippen LogP contribution in [0.2, 0.25) is 0 Å². The van der Waals surface area contributed by atoms with E-state index < -0.39 is 11.5 Å². The van der Waals surface area contributed by atoms with E-state index in [2.05, 4.69) is 59.7 Å². The molecule has 1 saturated heterocycles. The van der Waals surface area contributed by atoms with Gasteiger partial charge in [-0.25, -0.2) is 15.0 Å². The highest BCUT2D eigenvalue weighted by Gasteiger charge is 2.23. The van der Waals surface area contributed by atoms with Crippen molar-refractivity contribution in [2.24, 2.45) is 0 Å². The van der Waals surface area contributed by atoms with Crippen molar-refractivity contribution in [3.63, 3.8) is 0 Å². The first-order valence-corrected chi connectivity index (χ1v) is 13.6. The van der Waals surface area contributed by atoms with E-state index in [9.17, 15) is 0 Å². The number of allylic oxidation sites excluding steroid dienone is 2. The van der Waals surface area contributed by atoms with Crippen molar-refractivity contribution < 1.29 is 9.47 Å². The highest BCUT2D eigenvalue weighted by atomic mass is 35.5. The zero-order valence-electron chi connectivity index (χ0n) is 22.2. The van der Waals surface area contributed by atoms with Crippen LogP contribution in [0.25, 0.3) is 11.4 Å². The van der Waals surface area contributed by atoms with Crippen LogP contribution < -0.4 is 16.0 Å². The molecule has 4 unspecified atom stereocenters. The summed E-state index contributed by atoms with van der Waals surface area (Å²) in [5, 5.41) is 14.0. The normalized spacial score (nSPS) is 26.0. The molecule has 11 nitrogen and oxygen atoms in total. The molecular weight excluding hydrogens is 553 g/mol. The number of rotatable bonds is 8. The van der Waals surface area contributed by atoms with E-state index in [0.717, 1.165) is 25.1 Å². The number of halogens is 2. The number of ether oxygens (including phenoxy) is 2. The third-order valence-electron chi connectivity index (χ3n) is 6.54. The van der Waals surface area contributed by atoms with Gasteiger partial charge in [0.1, 0.15) is 34.4 Å². The minimum atomic E-state index is -0.783. The Morgan fingerprint density at radius 2 is 2.05 bits per heavy atom. The Morgan fingerprint density at radius 3 is 2.85 bits per heavy atom. The molecule has 5 rings (SSSR count). The largest absolute Gasteiger partial charge is 0.495 e. The molecule has 208 valence electrons. The lowest BCUT2D eigenvalue weighted by atomic mass is 10.0. The fraction of sp³-hybridized carbons (Fsp3) is 0.370. The van der Waals surface area contributed by atoms with Crippen LogP contribution in [0.15, 0.2) is 59.6 Å². The Balaban J connectivity index is 1.39. The van der Waals surface area contributed by atoms with Gasteiger partial charge in [0.15, 0.2) is 5.82 Å². The molecule has 0 amide bonds. The second-order valence-corrected chi connectivity index (χ2v) is 10.1. The number of piperidine rings is 1. The van der Waals surface area contributed by atoms with Gasteiger partial charge in [-0.2, -0.15) is 10.1 Å². The molecule has 0 saturated carbocycles. The van der Waals surface area contributed by atoms with Crippen LogP contribution in [0.1, 0.15) is 25.8 Å². The molecule has 3 aromatic rings. The number of aromatic nitrogens is 6. The SMILES string of the molecule is COC1=C/C(OC)C#CC(Cl)/C(Nc2ncccc2-c2ncnc(Nc3cnn(C4CCNC(C)C4)c3)n2)=C\1Cl. The Bertz CT molecular complexity index is 1480. The lowest BCUT2D eigenvalue weighted by Crippen LogP contribution is -2.36. The summed E-state index contributed by atoms with van der Waals surface area (Å²) in [4.78, 5) is 17.8. The number of hydrogen-bond donors (Lipinski definition) is 3. The van der Waals surface area contributed by atoms with Crippen molar-refractivity contribution in [1.82, 2.24) is 35.0 Å². The fourth-order valence-electron chi connectivity index (χ4n) is 4.50. The molecule has 0 bridgehead atoms. The molecule has 40 heavy (non-hydrogen) atoms. The number of pyridine rings is 1. The third kappa shape index (κ3) is 6.37. The average molecular weight is 582 g/mol. The number of alkyl halides is 1. The van der Waals surface area contributed by atoms with Gasteiger partial charge in [-0.05, 0) is 38.4 Å². The Labute approximate surface area is 242 Å². The third-order valence-corrected chi connectivity index (χ3v) is 7.25. The van der Waals surface area contributed by atoms with Gasteiger partial charge in [0.05, 0.1) is 36.3 Å². The molecule has 3 N–H and O–H groups in total. The van der Waals surface area contributed by atoms with E-state index in [1.807, 2.05) is 16.9 Å². The van der Waals surface area contributed by atoms with E-state index in [1.165, 1.54) is 13.4 Å². The Morgan fingerprint density at radius 1 is 1.18 bits per heavy atom. The topological polar surface area (TPSA) is 124 Å². The molecule has 4 atom stereocenters. The number of nitrogens with zero attached hydrogens (tertiary/aromatic N) is 6. The molecule has 1 fully saturated rings. The molecule has 0 spiro atoms. The van der Waals surface area contributed by atoms with Gasteiger partial charge in [-0.3, -0.25) is 4.68 Å². The molecular formula is C27H29Cl2N9O2. The smallest absolute Gasteiger partial charge is 0.230 e. The summed E-state index contributed by atoms with van der Waals surface area (Å²) in [5.41, 5.74) is 1.81. The maximum atomic E-state index is 6.70. The predicted molar refractivity (Wildman–Crippen MR) is 154 cm³/mol. The van der Waals surface area contributed by atoms with Gasteiger partial charge in [-0.1, -0.05) is 23.4 Å². The van der Waals surface area contributed by atoms with E-state index in [4.69, 9.17) is 32.7 Å². The maximum Gasteiger partial charge on any atom is 0.230 e. The number of methoxy groups -OCH3 is 2. The van der Waals surface area contributed by atoms with Gasteiger partial charge >= 0.3 is 0 Å². The summed E-state index contributed by atoms with van der Waals surface area (Å²) in [5.74, 6) is 7.49. The van der Waals surface area contributed by atoms with E-state index in [-0.39, 0.29) is 5.03 Å². The second-order valence-electron chi connectivity index (χ2n) is 9.29. The summed E-state index contributed by atoms with van der Waals surface area (Å²) < 4.78 is 12.8. The minimum Gasteiger partial charge on any atom is -0.495 e. The summed E-state index contributed by atoms with van der Waals surface area (Å²) in [6.07, 6.45) is 10.0. The molecule has 1 aliphatic carbocycles. The lowest BCUT2D eigenvalue weighted by molar-refractivity contribution is 0.178. The Kier molecular flexibility index (Phi) is 8.81. The molecule has 0 radical (unpaired) electrons.